The van der Waals surface area contributed by atoms with E-state index in [1.807, 2.05) is 0 Å². The maximum Gasteiger partial charge on any atom is 0.311 e. The molecule has 0 saturated heterocycles. The molecule has 0 aliphatic carbocycles. The van der Waals surface area contributed by atoms with Gasteiger partial charge in [-0.3, -0.25) is 9.36 Å². The van der Waals surface area contributed by atoms with Crippen LogP contribution in [0.1, 0.15) is 5.82 Å². The first-order valence-electron chi connectivity index (χ1n) is 4.57. The van der Waals surface area contributed by atoms with E-state index >= 15 is 0 Å². The molecule has 0 saturated carbocycles. The van der Waals surface area contributed by atoms with Crippen LogP contribution in [0.2, 0.25) is 0 Å². The van der Waals surface area contributed by atoms with Crippen LogP contribution in [0.4, 0.5) is 0 Å². The highest BCUT2D eigenvalue weighted by molar-refractivity contribution is 5.69. The Bertz CT molecular complexity index is 504. The first-order chi connectivity index (χ1) is 7.66. The second-order valence-electron chi connectivity index (χ2n) is 3.20. The van der Waals surface area contributed by atoms with E-state index in [1.54, 1.807) is 16.7 Å². The molecule has 82 valence electrons. The Morgan fingerprint density at radius 2 is 2.00 bits per heavy atom. The lowest BCUT2D eigenvalue weighted by Crippen LogP contribution is -2.07. The molecule has 1 aromatic carbocycles. The number of carboxylic acid groups (broad SMARTS) is 1. The number of carboxylic acids is 1. The summed E-state index contributed by atoms with van der Waals surface area (Å²) in [5, 5.41) is 25.2. The molecular formula is C10H9N3O3. The molecule has 0 unspecified atom stereocenters. The summed E-state index contributed by atoms with van der Waals surface area (Å²) in [4.78, 5) is 10.6. The number of benzene rings is 1. The van der Waals surface area contributed by atoms with Crippen LogP contribution in [0.25, 0.3) is 5.69 Å². The first-order valence-corrected chi connectivity index (χ1v) is 4.57. The van der Waals surface area contributed by atoms with Crippen LogP contribution in [0.5, 0.6) is 5.75 Å². The fraction of sp³-hybridized carbons (Fsp3) is 0.100. The van der Waals surface area contributed by atoms with E-state index < -0.39 is 5.97 Å². The third kappa shape index (κ3) is 2.00. The van der Waals surface area contributed by atoms with E-state index in [2.05, 4.69) is 10.2 Å². The van der Waals surface area contributed by atoms with Crippen molar-refractivity contribution >= 4 is 5.97 Å². The van der Waals surface area contributed by atoms with Crippen LogP contribution in [-0.2, 0) is 11.2 Å². The minimum absolute atomic E-state index is 0.150. The zero-order valence-corrected chi connectivity index (χ0v) is 8.24. The average Bonchev–Trinajstić information content (AvgIpc) is 2.66. The SMILES string of the molecule is O=C(O)Cc1nncn1-c1ccc(O)cc1. The van der Waals surface area contributed by atoms with Crippen LogP contribution in [0.15, 0.2) is 30.6 Å². The number of hydrogen-bond donors (Lipinski definition) is 2. The summed E-state index contributed by atoms with van der Waals surface area (Å²) in [5.74, 6) is -0.470. The smallest absolute Gasteiger partial charge is 0.311 e. The highest BCUT2D eigenvalue weighted by atomic mass is 16.4. The average molecular weight is 219 g/mol. The van der Waals surface area contributed by atoms with Crippen molar-refractivity contribution < 1.29 is 15.0 Å². The van der Waals surface area contributed by atoms with Crippen LogP contribution < -0.4 is 0 Å². The number of rotatable bonds is 3. The first kappa shape index (κ1) is 10.2. The van der Waals surface area contributed by atoms with Crippen LogP contribution in [0, 0.1) is 0 Å². The molecule has 0 fully saturated rings. The molecule has 0 aliphatic heterocycles. The van der Waals surface area contributed by atoms with Gasteiger partial charge in [-0.25, -0.2) is 0 Å². The summed E-state index contributed by atoms with van der Waals surface area (Å²) >= 11 is 0. The molecule has 6 nitrogen and oxygen atoms in total. The lowest BCUT2D eigenvalue weighted by molar-refractivity contribution is -0.136. The monoisotopic (exact) mass is 219 g/mol. The van der Waals surface area contributed by atoms with E-state index in [0.29, 0.717) is 11.5 Å². The Hall–Kier alpha value is -2.37. The molecular weight excluding hydrogens is 210 g/mol. The van der Waals surface area contributed by atoms with Gasteiger partial charge in [0.25, 0.3) is 0 Å². The zero-order valence-electron chi connectivity index (χ0n) is 8.24. The fourth-order valence-corrected chi connectivity index (χ4v) is 1.34. The van der Waals surface area contributed by atoms with Gasteiger partial charge in [0, 0.05) is 5.69 Å². The van der Waals surface area contributed by atoms with Crippen molar-refractivity contribution in [2.75, 3.05) is 0 Å². The largest absolute Gasteiger partial charge is 0.508 e. The van der Waals surface area contributed by atoms with Gasteiger partial charge in [-0.1, -0.05) is 0 Å². The number of nitrogens with zero attached hydrogens (tertiary/aromatic N) is 3. The van der Waals surface area contributed by atoms with Gasteiger partial charge in [0.2, 0.25) is 0 Å². The Kier molecular flexibility index (Phi) is 2.55. The summed E-state index contributed by atoms with van der Waals surface area (Å²) in [5.41, 5.74) is 0.707. The van der Waals surface area contributed by atoms with E-state index in [4.69, 9.17) is 10.2 Å². The van der Waals surface area contributed by atoms with Gasteiger partial charge >= 0.3 is 5.97 Å². The van der Waals surface area contributed by atoms with Gasteiger partial charge in [0.1, 0.15) is 24.3 Å². The molecule has 2 rings (SSSR count). The van der Waals surface area contributed by atoms with Gasteiger partial charge in [-0.2, -0.15) is 0 Å². The maximum atomic E-state index is 10.6. The Morgan fingerprint density at radius 1 is 1.31 bits per heavy atom. The van der Waals surface area contributed by atoms with Crippen molar-refractivity contribution in [1.29, 1.82) is 0 Å². The molecule has 2 aromatic rings. The number of carbonyl (C=O) groups is 1. The predicted molar refractivity (Wildman–Crippen MR) is 54.4 cm³/mol. The highest BCUT2D eigenvalue weighted by Gasteiger charge is 2.09. The molecule has 0 radical (unpaired) electrons. The Morgan fingerprint density at radius 3 is 2.62 bits per heavy atom. The molecule has 16 heavy (non-hydrogen) atoms. The van der Waals surface area contributed by atoms with Gasteiger partial charge in [-0.15, -0.1) is 10.2 Å². The molecule has 2 N–H and O–H groups in total. The van der Waals surface area contributed by atoms with Crippen molar-refractivity contribution in [2.24, 2.45) is 0 Å². The van der Waals surface area contributed by atoms with Gasteiger partial charge in [0.05, 0.1) is 0 Å². The second kappa shape index (κ2) is 4.01. The van der Waals surface area contributed by atoms with E-state index in [0.717, 1.165) is 0 Å². The molecule has 0 amide bonds. The molecule has 0 atom stereocenters. The number of phenols is 1. The van der Waals surface area contributed by atoms with Gasteiger partial charge in [-0.05, 0) is 24.3 Å². The normalized spacial score (nSPS) is 10.2. The predicted octanol–water partition coefficient (Wildman–Crippen LogP) is 0.600. The molecule has 6 heteroatoms. The maximum absolute atomic E-state index is 10.6. The van der Waals surface area contributed by atoms with Crippen molar-refractivity contribution in [2.45, 2.75) is 6.42 Å². The molecule has 0 aliphatic rings. The van der Waals surface area contributed by atoms with Crippen LogP contribution >= 0.6 is 0 Å². The summed E-state index contributed by atoms with van der Waals surface area (Å²) in [6, 6.07) is 6.34. The number of aromatic nitrogens is 3. The van der Waals surface area contributed by atoms with Crippen molar-refractivity contribution in [3.05, 3.63) is 36.4 Å². The topological polar surface area (TPSA) is 88.2 Å². The molecule has 1 heterocycles. The van der Waals surface area contributed by atoms with Crippen molar-refractivity contribution in [3.8, 4) is 11.4 Å². The van der Waals surface area contributed by atoms with Gasteiger partial charge in [0.15, 0.2) is 0 Å². The van der Waals surface area contributed by atoms with Crippen molar-refractivity contribution in [1.82, 2.24) is 14.8 Å². The third-order valence-electron chi connectivity index (χ3n) is 2.06. The van der Waals surface area contributed by atoms with Crippen LogP contribution in [-0.4, -0.2) is 30.9 Å². The highest BCUT2D eigenvalue weighted by Crippen LogP contribution is 2.14. The van der Waals surface area contributed by atoms with E-state index in [1.165, 1.54) is 18.5 Å². The fourth-order valence-electron chi connectivity index (χ4n) is 1.34. The lowest BCUT2D eigenvalue weighted by atomic mass is 10.3. The zero-order chi connectivity index (χ0) is 11.5. The molecule has 0 bridgehead atoms. The quantitative estimate of drug-likeness (QED) is 0.789. The number of aliphatic carboxylic acids is 1. The summed E-state index contributed by atoms with van der Waals surface area (Å²) in [7, 11) is 0. The molecule has 1 aromatic heterocycles. The standard InChI is InChI=1S/C10H9N3O3/c14-8-3-1-7(2-4-8)13-6-11-12-9(13)5-10(15)16/h1-4,6,14H,5H2,(H,15,16). The van der Waals surface area contributed by atoms with Gasteiger partial charge < -0.3 is 10.2 Å². The summed E-state index contributed by atoms with van der Waals surface area (Å²) in [6.07, 6.45) is 1.24. The lowest BCUT2D eigenvalue weighted by Gasteiger charge is -2.04. The summed E-state index contributed by atoms with van der Waals surface area (Å²) < 4.78 is 1.56. The number of phenolic OH excluding ortho intramolecular Hbond substituents is 1. The third-order valence-corrected chi connectivity index (χ3v) is 2.06. The Labute approximate surface area is 90.8 Å². The Balaban J connectivity index is 2.36. The van der Waals surface area contributed by atoms with E-state index in [9.17, 15) is 4.79 Å². The minimum Gasteiger partial charge on any atom is -0.508 e. The minimum atomic E-state index is -0.965. The number of hydrogen-bond acceptors (Lipinski definition) is 4. The number of aromatic hydroxyl groups is 1. The molecule has 0 spiro atoms. The van der Waals surface area contributed by atoms with Crippen LogP contribution in [0.3, 0.4) is 0 Å². The van der Waals surface area contributed by atoms with Crippen molar-refractivity contribution in [3.63, 3.8) is 0 Å². The second-order valence-corrected chi connectivity index (χ2v) is 3.20. The summed E-state index contributed by atoms with van der Waals surface area (Å²) in [6.45, 7) is 0. The van der Waals surface area contributed by atoms with E-state index in [-0.39, 0.29) is 12.2 Å².